The molecule has 2 heterocycles. The molecule has 0 radical (unpaired) electrons. The van der Waals surface area contributed by atoms with Crippen molar-refractivity contribution in [3.8, 4) is 5.75 Å². The molecule has 4 rings (SSSR count). The van der Waals surface area contributed by atoms with Crippen molar-refractivity contribution in [2.24, 2.45) is 5.92 Å². The average molecular weight is 483 g/mol. The van der Waals surface area contributed by atoms with Crippen LogP contribution in [-0.2, 0) is 4.79 Å². The Labute approximate surface area is 203 Å². The number of likely N-dealkylation sites (N-methyl/N-ethyl adjacent to an activating group) is 1. The van der Waals surface area contributed by atoms with Gasteiger partial charge in [0.1, 0.15) is 5.75 Å². The first-order valence-electron chi connectivity index (χ1n) is 10.9. The van der Waals surface area contributed by atoms with Gasteiger partial charge in [0.25, 0.3) is 5.91 Å². The Morgan fingerprint density at radius 1 is 1.18 bits per heavy atom. The van der Waals surface area contributed by atoms with Crippen LogP contribution in [0, 0.1) is 5.92 Å². The minimum Gasteiger partial charge on any atom is -0.495 e. The van der Waals surface area contributed by atoms with Crippen LogP contribution in [0.3, 0.4) is 0 Å². The molecule has 0 spiro atoms. The van der Waals surface area contributed by atoms with E-state index in [0.717, 1.165) is 10.4 Å². The number of carbonyl (C=O) groups excluding carboxylic acids is 2. The van der Waals surface area contributed by atoms with Crippen molar-refractivity contribution in [1.82, 2.24) is 4.90 Å². The van der Waals surface area contributed by atoms with Crippen molar-refractivity contribution < 1.29 is 14.3 Å². The Balaban J connectivity index is 1.88. The molecule has 3 aromatic rings. The van der Waals surface area contributed by atoms with Crippen molar-refractivity contribution in [3.05, 3.63) is 81.0 Å². The lowest BCUT2D eigenvalue weighted by molar-refractivity contribution is -0.121. The van der Waals surface area contributed by atoms with Crippen LogP contribution in [0.15, 0.2) is 60.0 Å². The van der Waals surface area contributed by atoms with Gasteiger partial charge < -0.3 is 14.5 Å². The Hall–Kier alpha value is -2.83. The van der Waals surface area contributed by atoms with Gasteiger partial charge in [-0.1, -0.05) is 49.7 Å². The Morgan fingerprint density at radius 2 is 1.94 bits per heavy atom. The summed E-state index contributed by atoms with van der Waals surface area (Å²) in [6, 6.07) is 16.2. The van der Waals surface area contributed by atoms with Gasteiger partial charge in [-0.25, -0.2) is 0 Å². The molecule has 2 atom stereocenters. The first-order valence-corrected chi connectivity index (χ1v) is 12.1. The quantitative estimate of drug-likeness (QED) is 0.432. The van der Waals surface area contributed by atoms with Gasteiger partial charge in [-0.05, 0) is 47.2 Å². The molecular formula is C26H27ClN2O3S. The lowest BCUT2D eigenvalue weighted by Gasteiger charge is -2.43. The average Bonchev–Trinajstić information content (AvgIpc) is 3.34. The fourth-order valence-corrected chi connectivity index (χ4v) is 5.52. The van der Waals surface area contributed by atoms with Gasteiger partial charge in [0.05, 0.1) is 24.8 Å². The highest BCUT2D eigenvalue weighted by molar-refractivity contribution is 7.10. The highest BCUT2D eigenvalue weighted by Crippen LogP contribution is 2.46. The first-order chi connectivity index (χ1) is 15.8. The number of carbonyl (C=O) groups is 2. The number of anilines is 1. The van der Waals surface area contributed by atoms with E-state index in [1.54, 1.807) is 48.6 Å². The molecule has 0 unspecified atom stereocenters. The SMILES string of the molecule is COc1ccc(Cl)cc1N(C)C(=O)[C@@H]1c2ccccc2C(=O)N(CC(C)C)[C@@H]1c1cccs1. The minimum atomic E-state index is -0.565. The van der Waals surface area contributed by atoms with Gasteiger partial charge in [-0.15, -0.1) is 11.3 Å². The third-order valence-electron chi connectivity index (χ3n) is 5.93. The predicted molar refractivity (Wildman–Crippen MR) is 134 cm³/mol. The number of amides is 2. The van der Waals surface area contributed by atoms with E-state index < -0.39 is 12.0 Å². The largest absolute Gasteiger partial charge is 0.495 e. The Kier molecular flexibility index (Phi) is 6.77. The molecule has 0 aliphatic carbocycles. The lowest BCUT2D eigenvalue weighted by atomic mass is 9.80. The third-order valence-corrected chi connectivity index (χ3v) is 7.11. The summed E-state index contributed by atoms with van der Waals surface area (Å²) in [7, 11) is 3.30. The molecule has 2 amide bonds. The molecule has 1 aromatic heterocycles. The van der Waals surface area contributed by atoms with Gasteiger partial charge >= 0.3 is 0 Å². The van der Waals surface area contributed by atoms with Crippen LogP contribution in [-0.4, -0.2) is 37.4 Å². The molecule has 0 fully saturated rings. The van der Waals surface area contributed by atoms with Crippen molar-refractivity contribution in [3.63, 3.8) is 0 Å². The Morgan fingerprint density at radius 3 is 2.61 bits per heavy atom. The first kappa shape index (κ1) is 23.3. The second-order valence-electron chi connectivity index (χ2n) is 8.59. The van der Waals surface area contributed by atoms with E-state index in [9.17, 15) is 9.59 Å². The summed E-state index contributed by atoms with van der Waals surface area (Å²) >= 11 is 7.82. The molecule has 0 N–H and O–H groups in total. The zero-order valence-corrected chi connectivity index (χ0v) is 20.7. The zero-order chi connectivity index (χ0) is 23.7. The van der Waals surface area contributed by atoms with E-state index in [-0.39, 0.29) is 17.7 Å². The fraction of sp³-hybridized carbons (Fsp3) is 0.308. The number of hydrogen-bond acceptors (Lipinski definition) is 4. The second kappa shape index (κ2) is 9.57. The number of thiophene rings is 1. The molecule has 0 saturated carbocycles. The topological polar surface area (TPSA) is 49.9 Å². The number of rotatable bonds is 6. The highest BCUT2D eigenvalue weighted by atomic mass is 35.5. The predicted octanol–water partition coefficient (Wildman–Crippen LogP) is 6.01. The number of benzene rings is 2. The number of nitrogens with zero attached hydrogens (tertiary/aromatic N) is 2. The summed E-state index contributed by atoms with van der Waals surface area (Å²) in [5.74, 6) is 0.0858. The van der Waals surface area contributed by atoms with E-state index in [2.05, 4.69) is 13.8 Å². The summed E-state index contributed by atoms with van der Waals surface area (Å²) in [6.07, 6.45) is 0. The third kappa shape index (κ3) is 4.37. The van der Waals surface area contributed by atoms with Gasteiger partial charge in [0.2, 0.25) is 5.91 Å². The summed E-state index contributed by atoms with van der Waals surface area (Å²) in [4.78, 5) is 32.2. The monoisotopic (exact) mass is 482 g/mol. The van der Waals surface area contributed by atoms with Crippen LogP contribution in [0.1, 0.15) is 46.6 Å². The number of halogens is 1. The molecule has 1 aliphatic heterocycles. The molecule has 33 heavy (non-hydrogen) atoms. The van der Waals surface area contributed by atoms with Gasteiger partial charge in [-0.2, -0.15) is 0 Å². The van der Waals surface area contributed by atoms with E-state index >= 15 is 0 Å². The summed E-state index contributed by atoms with van der Waals surface area (Å²) in [6.45, 7) is 4.72. The molecule has 0 bridgehead atoms. The van der Waals surface area contributed by atoms with Crippen molar-refractivity contribution >= 4 is 40.4 Å². The minimum absolute atomic E-state index is 0.0373. The Bertz CT molecular complexity index is 1160. The van der Waals surface area contributed by atoms with E-state index in [1.165, 1.54) is 0 Å². The zero-order valence-electron chi connectivity index (χ0n) is 19.1. The van der Waals surface area contributed by atoms with Crippen LogP contribution < -0.4 is 9.64 Å². The molecule has 7 heteroatoms. The van der Waals surface area contributed by atoms with Crippen molar-refractivity contribution in [2.45, 2.75) is 25.8 Å². The van der Waals surface area contributed by atoms with E-state index in [4.69, 9.17) is 16.3 Å². The second-order valence-corrected chi connectivity index (χ2v) is 10.0. The fourth-order valence-electron chi connectivity index (χ4n) is 4.48. The molecular weight excluding hydrogens is 456 g/mol. The molecule has 0 saturated heterocycles. The number of ether oxygens (including phenoxy) is 1. The maximum atomic E-state index is 14.2. The van der Waals surface area contributed by atoms with Crippen LogP contribution in [0.25, 0.3) is 0 Å². The molecule has 5 nitrogen and oxygen atoms in total. The van der Waals surface area contributed by atoms with Gasteiger partial charge in [0, 0.05) is 29.1 Å². The van der Waals surface area contributed by atoms with Crippen LogP contribution >= 0.6 is 22.9 Å². The van der Waals surface area contributed by atoms with E-state index in [0.29, 0.717) is 28.6 Å². The van der Waals surface area contributed by atoms with Crippen molar-refractivity contribution in [2.75, 3.05) is 25.6 Å². The van der Waals surface area contributed by atoms with E-state index in [1.807, 2.05) is 46.7 Å². The normalized spacial score (nSPS) is 17.8. The van der Waals surface area contributed by atoms with Crippen LogP contribution in [0.4, 0.5) is 5.69 Å². The smallest absolute Gasteiger partial charge is 0.254 e. The van der Waals surface area contributed by atoms with Gasteiger partial charge in [-0.3, -0.25) is 9.59 Å². The summed E-state index contributed by atoms with van der Waals surface area (Å²) < 4.78 is 5.50. The number of hydrogen-bond donors (Lipinski definition) is 0. The highest BCUT2D eigenvalue weighted by Gasteiger charge is 2.45. The maximum Gasteiger partial charge on any atom is 0.254 e. The molecule has 1 aliphatic rings. The summed E-state index contributed by atoms with van der Waals surface area (Å²) in [5, 5.41) is 2.50. The number of methoxy groups -OCH3 is 1. The van der Waals surface area contributed by atoms with Crippen LogP contribution in [0.5, 0.6) is 5.75 Å². The van der Waals surface area contributed by atoms with Crippen molar-refractivity contribution in [1.29, 1.82) is 0 Å². The molecule has 2 aromatic carbocycles. The number of fused-ring (bicyclic) bond motifs is 1. The maximum absolute atomic E-state index is 14.2. The van der Waals surface area contributed by atoms with Crippen LogP contribution in [0.2, 0.25) is 5.02 Å². The lowest BCUT2D eigenvalue weighted by Crippen LogP contribution is -2.48. The van der Waals surface area contributed by atoms with Gasteiger partial charge in [0.15, 0.2) is 0 Å². The summed E-state index contributed by atoms with van der Waals surface area (Å²) in [5.41, 5.74) is 1.92. The molecule has 172 valence electrons. The standard InChI is InChI=1S/C26H27ClN2O3S/c1-16(2)15-29-24(22-10-7-13-33-22)23(18-8-5-6-9-19(18)25(29)30)26(31)28(3)20-14-17(27)11-12-21(20)32-4/h5-14,16,23-24H,15H2,1-4H3/t23-,24-/m1/s1.